The molecule has 3 atom stereocenters. The summed E-state index contributed by atoms with van der Waals surface area (Å²) in [6.45, 7) is 2.01. The number of nitrogens with one attached hydrogen (secondary N) is 2. The normalized spacial score (nSPS) is 21.7. The second-order valence-corrected chi connectivity index (χ2v) is 7.69. The molecule has 0 fully saturated rings. The van der Waals surface area contributed by atoms with Crippen molar-refractivity contribution < 1.29 is 14.3 Å². The molecule has 0 bridgehead atoms. The van der Waals surface area contributed by atoms with Gasteiger partial charge in [-0.1, -0.05) is 25.1 Å². The number of carbonyl (C=O) groups excluding carboxylic acids is 1. The molecule has 29 heavy (non-hydrogen) atoms. The predicted octanol–water partition coefficient (Wildman–Crippen LogP) is 5.27. The van der Waals surface area contributed by atoms with Gasteiger partial charge in [0, 0.05) is 23.7 Å². The van der Waals surface area contributed by atoms with E-state index in [1.807, 2.05) is 19.1 Å². The SMILES string of the molecule is CCCC(=O)Nc1ccc2c(c1)C1C=CCC1C(c1ccc(OC)c(OC)c1)N2. The van der Waals surface area contributed by atoms with Crippen LogP contribution in [0.2, 0.25) is 0 Å². The van der Waals surface area contributed by atoms with Crippen molar-refractivity contribution in [2.24, 2.45) is 5.92 Å². The Morgan fingerprint density at radius 1 is 1.14 bits per heavy atom. The van der Waals surface area contributed by atoms with Gasteiger partial charge >= 0.3 is 0 Å². The van der Waals surface area contributed by atoms with Crippen LogP contribution in [0.3, 0.4) is 0 Å². The second-order valence-electron chi connectivity index (χ2n) is 7.69. The summed E-state index contributed by atoms with van der Waals surface area (Å²) < 4.78 is 10.9. The van der Waals surface area contributed by atoms with Crippen LogP contribution in [0.5, 0.6) is 11.5 Å². The van der Waals surface area contributed by atoms with Crippen molar-refractivity contribution in [1.29, 1.82) is 0 Å². The van der Waals surface area contributed by atoms with Gasteiger partial charge in [0.15, 0.2) is 11.5 Å². The van der Waals surface area contributed by atoms with E-state index in [4.69, 9.17) is 9.47 Å². The van der Waals surface area contributed by atoms with Gasteiger partial charge in [0.05, 0.1) is 20.3 Å². The number of anilines is 2. The molecule has 1 aliphatic heterocycles. The van der Waals surface area contributed by atoms with E-state index in [2.05, 4.69) is 47.1 Å². The van der Waals surface area contributed by atoms with Gasteiger partial charge in [0.25, 0.3) is 0 Å². The standard InChI is InChI=1S/C24H28N2O3/c1-4-6-23(27)25-16-10-11-20-19(14-16)17-7-5-8-18(17)24(26-20)15-9-12-21(28-2)22(13-15)29-3/h5,7,9-14,17-18,24,26H,4,6,8H2,1-3H3,(H,25,27). The molecule has 2 aromatic rings. The smallest absolute Gasteiger partial charge is 0.224 e. The van der Waals surface area contributed by atoms with Crippen LogP contribution in [0.25, 0.3) is 0 Å². The molecule has 1 heterocycles. The monoisotopic (exact) mass is 392 g/mol. The van der Waals surface area contributed by atoms with E-state index in [0.717, 1.165) is 35.7 Å². The quantitative estimate of drug-likeness (QED) is 0.658. The Balaban J connectivity index is 1.65. The molecule has 0 saturated heterocycles. The number of methoxy groups -OCH3 is 2. The summed E-state index contributed by atoms with van der Waals surface area (Å²) in [6, 6.07) is 12.5. The predicted molar refractivity (Wildman–Crippen MR) is 116 cm³/mol. The first kappa shape index (κ1) is 19.4. The summed E-state index contributed by atoms with van der Waals surface area (Å²) in [5.41, 5.74) is 4.42. The molecule has 5 heteroatoms. The zero-order valence-electron chi connectivity index (χ0n) is 17.2. The molecule has 0 saturated carbocycles. The van der Waals surface area contributed by atoms with Crippen LogP contribution in [0, 0.1) is 5.92 Å². The lowest BCUT2D eigenvalue weighted by atomic mass is 9.77. The van der Waals surface area contributed by atoms with E-state index in [-0.39, 0.29) is 11.9 Å². The highest BCUT2D eigenvalue weighted by Crippen LogP contribution is 2.51. The Bertz CT molecular complexity index is 938. The Morgan fingerprint density at radius 3 is 2.72 bits per heavy atom. The molecule has 3 unspecified atom stereocenters. The first-order valence-corrected chi connectivity index (χ1v) is 10.2. The number of rotatable bonds is 6. The van der Waals surface area contributed by atoms with Crippen LogP contribution in [-0.4, -0.2) is 20.1 Å². The third-order valence-electron chi connectivity index (χ3n) is 5.89. The molecule has 152 valence electrons. The molecule has 1 aliphatic carbocycles. The van der Waals surface area contributed by atoms with Gasteiger partial charge in [-0.05, 0) is 60.2 Å². The lowest BCUT2D eigenvalue weighted by Crippen LogP contribution is -2.29. The van der Waals surface area contributed by atoms with Crippen molar-refractivity contribution in [3.05, 3.63) is 59.7 Å². The largest absolute Gasteiger partial charge is 0.493 e. The molecule has 2 N–H and O–H groups in total. The van der Waals surface area contributed by atoms with E-state index in [1.54, 1.807) is 14.2 Å². The lowest BCUT2D eigenvalue weighted by molar-refractivity contribution is -0.116. The van der Waals surface area contributed by atoms with Gasteiger partial charge in [-0.3, -0.25) is 4.79 Å². The highest BCUT2D eigenvalue weighted by Gasteiger charge is 2.38. The Morgan fingerprint density at radius 2 is 1.97 bits per heavy atom. The van der Waals surface area contributed by atoms with Crippen molar-refractivity contribution in [2.75, 3.05) is 24.9 Å². The average Bonchev–Trinajstić information content (AvgIpc) is 3.23. The third-order valence-corrected chi connectivity index (χ3v) is 5.89. The van der Waals surface area contributed by atoms with Gasteiger partial charge in [0.1, 0.15) is 0 Å². The number of allylic oxidation sites excluding steroid dienone is 2. The van der Waals surface area contributed by atoms with Gasteiger partial charge < -0.3 is 20.1 Å². The van der Waals surface area contributed by atoms with Gasteiger partial charge in [-0.25, -0.2) is 0 Å². The van der Waals surface area contributed by atoms with E-state index < -0.39 is 0 Å². The van der Waals surface area contributed by atoms with Crippen LogP contribution in [0.15, 0.2) is 48.6 Å². The maximum absolute atomic E-state index is 12.0. The van der Waals surface area contributed by atoms with Crippen molar-refractivity contribution in [2.45, 2.75) is 38.1 Å². The average molecular weight is 392 g/mol. The minimum Gasteiger partial charge on any atom is -0.493 e. The highest BCUT2D eigenvalue weighted by molar-refractivity contribution is 5.91. The first-order chi connectivity index (χ1) is 14.1. The molecule has 2 aliphatic rings. The second kappa shape index (κ2) is 8.19. The molecular formula is C24H28N2O3. The van der Waals surface area contributed by atoms with Gasteiger partial charge in [-0.15, -0.1) is 0 Å². The summed E-state index contributed by atoms with van der Waals surface area (Å²) >= 11 is 0. The van der Waals surface area contributed by atoms with Crippen molar-refractivity contribution in [3.63, 3.8) is 0 Å². The van der Waals surface area contributed by atoms with E-state index in [9.17, 15) is 4.79 Å². The van der Waals surface area contributed by atoms with Crippen molar-refractivity contribution >= 4 is 17.3 Å². The number of carbonyl (C=O) groups is 1. The molecular weight excluding hydrogens is 364 g/mol. The molecule has 4 rings (SSSR count). The molecule has 0 aromatic heterocycles. The summed E-state index contributed by atoms with van der Waals surface area (Å²) in [5, 5.41) is 6.75. The zero-order valence-corrected chi connectivity index (χ0v) is 17.2. The number of amides is 1. The minimum absolute atomic E-state index is 0.0675. The van der Waals surface area contributed by atoms with Gasteiger partial charge in [-0.2, -0.15) is 0 Å². The summed E-state index contributed by atoms with van der Waals surface area (Å²) in [7, 11) is 3.32. The number of fused-ring (bicyclic) bond motifs is 3. The van der Waals surface area contributed by atoms with Crippen LogP contribution < -0.4 is 20.1 Å². The highest BCUT2D eigenvalue weighted by atomic mass is 16.5. The van der Waals surface area contributed by atoms with Crippen LogP contribution in [0.4, 0.5) is 11.4 Å². The Kier molecular flexibility index (Phi) is 5.47. The maximum Gasteiger partial charge on any atom is 0.224 e. The van der Waals surface area contributed by atoms with Crippen molar-refractivity contribution in [1.82, 2.24) is 0 Å². The van der Waals surface area contributed by atoms with Crippen LogP contribution in [0.1, 0.15) is 49.3 Å². The van der Waals surface area contributed by atoms with E-state index >= 15 is 0 Å². The van der Waals surface area contributed by atoms with E-state index in [1.165, 1.54) is 11.1 Å². The number of hydrogen-bond acceptors (Lipinski definition) is 4. The molecule has 2 aromatic carbocycles. The fourth-order valence-electron chi connectivity index (χ4n) is 4.50. The molecule has 5 nitrogen and oxygen atoms in total. The number of hydrogen-bond donors (Lipinski definition) is 2. The fourth-order valence-corrected chi connectivity index (χ4v) is 4.50. The number of ether oxygens (including phenoxy) is 2. The molecule has 1 amide bonds. The Labute approximate surface area is 172 Å². The van der Waals surface area contributed by atoms with Gasteiger partial charge in [0.2, 0.25) is 5.91 Å². The molecule has 0 radical (unpaired) electrons. The summed E-state index contributed by atoms with van der Waals surface area (Å²) in [5.74, 6) is 2.29. The minimum atomic E-state index is 0.0675. The van der Waals surface area contributed by atoms with Crippen LogP contribution in [-0.2, 0) is 4.79 Å². The third kappa shape index (κ3) is 3.69. The van der Waals surface area contributed by atoms with Crippen LogP contribution >= 0.6 is 0 Å². The van der Waals surface area contributed by atoms with Crippen molar-refractivity contribution in [3.8, 4) is 11.5 Å². The van der Waals surface area contributed by atoms with E-state index in [0.29, 0.717) is 18.3 Å². The summed E-state index contributed by atoms with van der Waals surface area (Å²) in [4.78, 5) is 12.0. The fraction of sp³-hybridized carbons (Fsp3) is 0.375. The molecule has 0 spiro atoms. The topological polar surface area (TPSA) is 59.6 Å². The Hall–Kier alpha value is -2.95. The summed E-state index contributed by atoms with van der Waals surface area (Å²) in [6.07, 6.45) is 6.97. The zero-order chi connectivity index (χ0) is 20.4. The maximum atomic E-state index is 12.0. The number of benzene rings is 2. The lowest BCUT2D eigenvalue weighted by Gasteiger charge is -2.38. The first-order valence-electron chi connectivity index (χ1n) is 10.2.